The summed E-state index contributed by atoms with van der Waals surface area (Å²) in [5, 5.41) is 5.50. The van der Waals surface area contributed by atoms with Gasteiger partial charge in [0, 0.05) is 12.2 Å². The third-order valence-electron chi connectivity index (χ3n) is 2.86. The van der Waals surface area contributed by atoms with E-state index in [1.165, 1.54) is 20.2 Å². The maximum absolute atomic E-state index is 12.1. The number of amides is 2. The summed E-state index contributed by atoms with van der Waals surface area (Å²) in [4.78, 5) is 12.8. The number of ether oxygens (including phenoxy) is 1. The second-order valence-corrected chi connectivity index (χ2v) is 5.34. The van der Waals surface area contributed by atoms with Gasteiger partial charge in [-0.05, 0) is 38.2 Å². The number of hydrogen-bond donors (Lipinski definition) is 2. The number of benzene rings is 1. The standard InChI is InChI=1S/C14H19ClF3N3O2/c1-21(9-14(16,17)18)7-3-6-19-13(22)20-10-4-5-12(23-2)11(15)8-10/h4-5,8H,3,6-7,9H2,1-2H3,(H2,19,20,22). The van der Waals surface area contributed by atoms with Crippen LogP contribution in [0.15, 0.2) is 18.2 Å². The minimum atomic E-state index is -4.22. The number of alkyl halides is 3. The Bertz CT molecular complexity index is 526. The SMILES string of the molecule is COc1ccc(NC(=O)NCCCN(C)CC(F)(F)F)cc1Cl. The summed E-state index contributed by atoms with van der Waals surface area (Å²) < 4.78 is 41.4. The lowest BCUT2D eigenvalue weighted by molar-refractivity contribution is -0.143. The van der Waals surface area contributed by atoms with Crippen LogP contribution in [0.2, 0.25) is 5.02 Å². The fraction of sp³-hybridized carbons (Fsp3) is 0.500. The van der Waals surface area contributed by atoms with E-state index in [-0.39, 0.29) is 13.1 Å². The zero-order valence-corrected chi connectivity index (χ0v) is 13.6. The molecule has 1 rings (SSSR count). The Labute approximate surface area is 137 Å². The summed E-state index contributed by atoms with van der Waals surface area (Å²) in [7, 11) is 2.86. The van der Waals surface area contributed by atoms with Gasteiger partial charge in [-0.2, -0.15) is 13.2 Å². The van der Waals surface area contributed by atoms with Crippen molar-refractivity contribution in [2.75, 3.05) is 39.1 Å². The number of hydrogen-bond acceptors (Lipinski definition) is 3. The summed E-state index contributed by atoms with van der Waals surface area (Å²) in [5.41, 5.74) is 0.488. The first kappa shape index (κ1) is 19.4. The minimum Gasteiger partial charge on any atom is -0.495 e. The van der Waals surface area contributed by atoms with Crippen molar-refractivity contribution in [1.82, 2.24) is 10.2 Å². The molecule has 2 amide bonds. The van der Waals surface area contributed by atoms with E-state index in [4.69, 9.17) is 16.3 Å². The molecular formula is C14H19ClF3N3O2. The van der Waals surface area contributed by atoms with Crippen LogP contribution in [-0.4, -0.2) is 50.9 Å². The lowest BCUT2D eigenvalue weighted by Gasteiger charge is -2.18. The molecule has 9 heteroatoms. The van der Waals surface area contributed by atoms with Crippen molar-refractivity contribution in [1.29, 1.82) is 0 Å². The molecule has 0 radical (unpaired) electrons. The van der Waals surface area contributed by atoms with Crippen molar-refractivity contribution in [3.63, 3.8) is 0 Å². The fourth-order valence-corrected chi connectivity index (χ4v) is 2.11. The van der Waals surface area contributed by atoms with E-state index in [0.29, 0.717) is 22.9 Å². The van der Waals surface area contributed by atoms with Crippen molar-refractivity contribution in [3.05, 3.63) is 23.2 Å². The number of nitrogens with zero attached hydrogens (tertiary/aromatic N) is 1. The quantitative estimate of drug-likeness (QED) is 0.739. The number of urea groups is 1. The van der Waals surface area contributed by atoms with Gasteiger partial charge in [0.2, 0.25) is 0 Å². The first-order chi connectivity index (χ1) is 10.7. The van der Waals surface area contributed by atoms with Crippen molar-refractivity contribution < 1.29 is 22.7 Å². The zero-order chi connectivity index (χ0) is 17.5. The normalized spacial score (nSPS) is 11.4. The third-order valence-corrected chi connectivity index (χ3v) is 3.16. The number of carbonyl (C=O) groups is 1. The van der Waals surface area contributed by atoms with Crippen LogP contribution in [0.25, 0.3) is 0 Å². The maximum Gasteiger partial charge on any atom is 0.401 e. The fourth-order valence-electron chi connectivity index (χ4n) is 1.86. The molecule has 5 nitrogen and oxygen atoms in total. The van der Waals surface area contributed by atoms with Crippen LogP contribution in [0, 0.1) is 0 Å². The molecule has 23 heavy (non-hydrogen) atoms. The zero-order valence-electron chi connectivity index (χ0n) is 12.8. The van der Waals surface area contributed by atoms with Crippen molar-refractivity contribution in [2.24, 2.45) is 0 Å². The van der Waals surface area contributed by atoms with E-state index in [1.54, 1.807) is 12.1 Å². The van der Waals surface area contributed by atoms with Gasteiger partial charge in [0.15, 0.2) is 0 Å². The van der Waals surface area contributed by atoms with Crippen LogP contribution < -0.4 is 15.4 Å². The molecule has 1 aromatic rings. The van der Waals surface area contributed by atoms with E-state index < -0.39 is 18.8 Å². The van der Waals surface area contributed by atoms with E-state index in [2.05, 4.69) is 10.6 Å². The Morgan fingerprint density at radius 1 is 1.39 bits per heavy atom. The van der Waals surface area contributed by atoms with Crippen LogP contribution in [0.1, 0.15) is 6.42 Å². The maximum atomic E-state index is 12.1. The molecule has 0 aromatic heterocycles. The van der Waals surface area contributed by atoms with Crippen LogP contribution in [0.4, 0.5) is 23.7 Å². The number of rotatable bonds is 7. The van der Waals surface area contributed by atoms with Gasteiger partial charge in [-0.1, -0.05) is 11.6 Å². The highest BCUT2D eigenvalue weighted by Gasteiger charge is 2.28. The van der Waals surface area contributed by atoms with Gasteiger partial charge in [0.1, 0.15) is 5.75 Å². The molecular weight excluding hydrogens is 335 g/mol. The van der Waals surface area contributed by atoms with Crippen molar-refractivity contribution in [3.8, 4) is 5.75 Å². The second kappa shape index (κ2) is 8.83. The lowest BCUT2D eigenvalue weighted by Crippen LogP contribution is -2.34. The summed E-state index contributed by atoms with van der Waals surface area (Å²) in [5.74, 6) is 0.491. The van der Waals surface area contributed by atoms with Crippen molar-refractivity contribution in [2.45, 2.75) is 12.6 Å². The molecule has 1 aromatic carbocycles. The van der Waals surface area contributed by atoms with Gasteiger partial charge < -0.3 is 15.4 Å². The van der Waals surface area contributed by atoms with Gasteiger partial charge >= 0.3 is 12.2 Å². The molecule has 0 saturated heterocycles. The molecule has 0 aliphatic rings. The van der Waals surface area contributed by atoms with Gasteiger partial charge in [-0.3, -0.25) is 4.90 Å². The summed E-state index contributed by atoms with van der Waals surface area (Å²) in [6.07, 6.45) is -3.81. The highest BCUT2D eigenvalue weighted by atomic mass is 35.5. The summed E-state index contributed by atoms with van der Waals surface area (Å²) >= 11 is 5.93. The molecule has 0 unspecified atom stereocenters. The Morgan fingerprint density at radius 2 is 2.09 bits per heavy atom. The molecule has 0 aliphatic carbocycles. The summed E-state index contributed by atoms with van der Waals surface area (Å²) in [6, 6.07) is 4.33. The average Bonchev–Trinajstić information content (AvgIpc) is 2.42. The van der Waals surface area contributed by atoms with E-state index in [0.717, 1.165) is 4.90 Å². The van der Waals surface area contributed by atoms with Crippen molar-refractivity contribution >= 4 is 23.3 Å². The molecule has 0 saturated carbocycles. The highest BCUT2D eigenvalue weighted by molar-refractivity contribution is 6.32. The smallest absolute Gasteiger partial charge is 0.401 e. The van der Waals surface area contributed by atoms with E-state index in [9.17, 15) is 18.0 Å². The summed E-state index contributed by atoms with van der Waals surface area (Å²) in [6.45, 7) is -0.477. The molecule has 0 bridgehead atoms. The largest absolute Gasteiger partial charge is 0.495 e. The predicted molar refractivity (Wildman–Crippen MR) is 83.2 cm³/mol. The molecule has 0 atom stereocenters. The third kappa shape index (κ3) is 7.94. The highest BCUT2D eigenvalue weighted by Crippen LogP contribution is 2.27. The molecule has 0 aliphatic heterocycles. The Hall–Kier alpha value is -1.67. The average molecular weight is 354 g/mol. The van der Waals surface area contributed by atoms with Gasteiger partial charge in [-0.15, -0.1) is 0 Å². The van der Waals surface area contributed by atoms with E-state index >= 15 is 0 Å². The van der Waals surface area contributed by atoms with Gasteiger partial charge in [0.25, 0.3) is 0 Å². The molecule has 0 spiro atoms. The first-order valence-corrected chi connectivity index (χ1v) is 7.23. The minimum absolute atomic E-state index is 0.230. The van der Waals surface area contributed by atoms with Crippen LogP contribution in [0.5, 0.6) is 5.75 Å². The number of carbonyl (C=O) groups excluding carboxylic acids is 1. The van der Waals surface area contributed by atoms with E-state index in [1.807, 2.05) is 0 Å². The topological polar surface area (TPSA) is 53.6 Å². The predicted octanol–water partition coefficient (Wildman–Crippen LogP) is 3.35. The molecule has 130 valence electrons. The second-order valence-electron chi connectivity index (χ2n) is 4.94. The Balaban J connectivity index is 2.28. The Morgan fingerprint density at radius 3 is 2.65 bits per heavy atom. The number of anilines is 1. The lowest BCUT2D eigenvalue weighted by atomic mass is 10.3. The monoisotopic (exact) mass is 353 g/mol. The number of nitrogens with one attached hydrogen (secondary N) is 2. The van der Waals surface area contributed by atoms with Crippen LogP contribution >= 0.6 is 11.6 Å². The molecule has 0 fully saturated rings. The molecule has 0 heterocycles. The van der Waals surface area contributed by atoms with Crippen LogP contribution in [-0.2, 0) is 0 Å². The number of methoxy groups -OCH3 is 1. The first-order valence-electron chi connectivity index (χ1n) is 6.85. The molecule has 2 N–H and O–H groups in total. The van der Waals surface area contributed by atoms with Crippen LogP contribution in [0.3, 0.4) is 0 Å². The van der Waals surface area contributed by atoms with Gasteiger partial charge in [-0.25, -0.2) is 4.79 Å². The number of halogens is 4. The Kier molecular flexibility index (Phi) is 7.44. The van der Waals surface area contributed by atoms with Gasteiger partial charge in [0.05, 0.1) is 18.7 Å².